The molecular weight excluding hydrogens is 473 g/mol. The van der Waals surface area contributed by atoms with E-state index in [9.17, 15) is 0 Å². The summed E-state index contributed by atoms with van der Waals surface area (Å²) in [5.74, 6) is 2.23. The molecule has 0 aromatic heterocycles. The van der Waals surface area contributed by atoms with E-state index in [1.165, 1.54) is 0 Å². The maximum absolute atomic E-state index is 5.94. The van der Waals surface area contributed by atoms with Gasteiger partial charge < -0.3 is 29.6 Å². The highest BCUT2D eigenvalue weighted by atomic mass is 127. The average molecular weight is 507 g/mol. The Morgan fingerprint density at radius 3 is 2.61 bits per heavy atom. The van der Waals surface area contributed by atoms with Crippen molar-refractivity contribution in [1.82, 2.24) is 10.6 Å². The number of nitrogens with zero attached hydrogens (tertiary/aromatic N) is 1. The monoisotopic (exact) mass is 507 g/mol. The summed E-state index contributed by atoms with van der Waals surface area (Å²) in [4.78, 5) is 4.25. The molecule has 1 saturated heterocycles. The van der Waals surface area contributed by atoms with Crippen molar-refractivity contribution in [2.75, 3.05) is 47.1 Å². The number of aliphatic imine (C=N–C) groups is 1. The lowest BCUT2D eigenvalue weighted by atomic mass is 10.1. The van der Waals surface area contributed by atoms with Crippen LogP contribution in [0.2, 0.25) is 0 Å². The quantitative estimate of drug-likeness (QED) is 0.220. The van der Waals surface area contributed by atoms with Gasteiger partial charge in [-0.1, -0.05) is 12.1 Å². The van der Waals surface area contributed by atoms with E-state index >= 15 is 0 Å². The Kier molecular flexibility index (Phi) is 13.0. The molecule has 0 amide bonds. The van der Waals surface area contributed by atoms with E-state index in [-0.39, 0.29) is 30.1 Å². The molecule has 1 aromatic carbocycles. The van der Waals surface area contributed by atoms with E-state index in [0.29, 0.717) is 12.6 Å². The molecule has 0 bridgehead atoms. The van der Waals surface area contributed by atoms with Crippen molar-refractivity contribution in [3.8, 4) is 11.5 Å². The molecule has 0 saturated carbocycles. The first kappa shape index (κ1) is 24.8. The van der Waals surface area contributed by atoms with E-state index in [1.54, 1.807) is 14.2 Å². The van der Waals surface area contributed by atoms with E-state index in [1.807, 2.05) is 31.2 Å². The van der Waals surface area contributed by atoms with Gasteiger partial charge in [0.15, 0.2) is 17.5 Å². The zero-order valence-corrected chi connectivity index (χ0v) is 19.4. The Morgan fingerprint density at radius 2 is 1.93 bits per heavy atom. The molecule has 0 spiro atoms. The third-order valence-corrected chi connectivity index (χ3v) is 4.31. The van der Waals surface area contributed by atoms with Gasteiger partial charge in [-0.3, -0.25) is 4.99 Å². The molecular formula is C20H34IN3O4. The average Bonchev–Trinajstić information content (AvgIpc) is 2.71. The Balaban J connectivity index is 0.00000392. The van der Waals surface area contributed by atoms with E-state index < -0.39 is 0 Å². The van der Waals surface area contributed by atoms with E-state index in [2.05, 4.69) is 15.6 Å². The predicted octanol–water partition coefficient (Wildman–Crippen LogP) is 2.83. The van der Waals surface area contributed by atoms with Gasteiger partial charge >= 0.3 is 0 Å². The minimum Gasteiger partial charge on any atom is -0.493 e. The molecule has 1 aliphatic heterocycles. The van der Waals surface area contributed by atoms with Crippen molar-refractivity contribution in [2.24, 2.45) is 4.99 Å². The van der Waals surface area contributed by atoms with Gasteiger partial charge in [-0.05, 0) is 38.3 Å². The van der Waals surface area contributed by atoms with Gasteiger partial charge in [-0.15, -0.1) is 24.0 Å². The van der Waals surface area contributed by atoms with E-state index in [4.69, 9.17) is 18.9 Å². The first-order chi connectivity index (χ1) is 13.2. The van der Waals surface area contributed by atoms with Gasteiger partial charge in [-0.25, -0.2) is 0 Å². The molecule has 1 atom stereocenters. The van der Waals surface area contributed by atoms with Crippen molar-refractivity contribution >= 4 is 29.9 Å². The van der Waals surface area contributed by atoms with Gasteiger partial charge in [0.05, 0.1) is 19.8 Å². The lowest BCUT2D eigenvalue weighted by molar-refractivity contribution is -0.0320. The summed E-state index contributed by atoms with van der Waals surface area (Å²) in [5, 5.41) is 6.59. The SMILES string of the molecule is CN=C(NCCCOC1CCOCC1)NCC(C)Oc1ccccc1OC.I. The number of rotatable bonds is 10. The smallest absolute Gasteiger partial charge is 0.191 e. The van der Waals surface area contributed by atoms with Gasteiger partial charge in [0, 0.05) is 33.4 Å². The fraction of sp³-hybridized carbons (Fsp3) is 0.650. The molecule has 0 radical (unpaired) electrons. The first-order valence-electron chi connectivity index (χ1n) is 9.66. The summed E-state index contributed by atoms with van der Waals surface area (Å²) in [6.45, 7) is 5.83. The molecule has 7 nitrogen and oxygen atoms in total. The van der Waals surface area contributed by atoms with Crippen LogP contribution in [0, 0.1) is 0 Å². The minimum atomic E-state index is -0.0308. The molecule has 2 N–H and O–H groups in total. The number of methoxy groups -OCH3 is 1. The van der Waals surface area contributed by atoms with Gasteiger partial charge in [0.25, 0.3) is 0 Å². The molecule has 1 fully saturated rings. The molecule has 0 aliphatic carbocycles. The molecule has 1 aliphatic rings. The summed E-state index contributed by atoms with van der Waals surface area (Å²) < 4.78 is 22.5. The predicted molar refractivity (Wildman–Crippen MR) is 122 cm³/mol. The van der Waals surface area contributed by atoms with Crippen LogP contribution in [-0.4, -0.2) is 65.2 Å². The van der Waals surface area contributed by atoms with Crippen LogP contribution in [-0.2, 0) is 9.47 Å². The van der Waals surface area contributed by atoms with Gasteiger partial charge in [-0.2, -0.15) is 0 Å². The second kappa shape index (κ2) is 14.7. The van der Waals surface area contributed by atoms with Gasteiger partial charge in [0.2, 0.25) is 0 Å². The van der Waals surface area contributed by atoms with Crippen molar-refractivity contribution in [2.45, 2.75) is 38.4 Å². The Hall–Kier alpha value is -1.26. The highest BCUT2D eigenvalue weighted by molar-refractivity contribution is 14.0. The maximum atomic E-state index is 5.94. The number of para-hydroxylation sites is 2. The van der Waals surface area contributed by atoms with Crippen LogP contribution in [0.5, 0.6) is 11.5 Å². The second-order valence-corrected chi connectivity index (χ2v) is 6.50. The molecule has 8 heteroatoms. The highest BCUT2D eigenvalue weighted by Gasteiger charge is 2.13. The summed E-state index contributed by atoms with van der Waals surface area (Å²) in [5.41, 5.74) is 0. The Morgan fingerprint density at radius 1 is 1.21 bits per heavy atom. The number of hydrogen-bond acceptors (Lipinski definition) is 5. The fourth-order valence-corrected chi connectivity index (χ4v) is 2.81. The number of hydrogen-bond donors (Lipinski definition) is 2. The largest absolute Gasteiger partial charge is 0.493 e. The van der Waals surface area contributed by atoms with Crippen molar-refractivity contribution < 1.29 is 18.9 Å². The molecule has 1 aromatic rings. The molecule has 1 unspecified atom stereocenters. The van der Waals surface area contributed by atoms with Crippen LogP contribution in [0.25, 0.3) is 0 Å². The fourth-order valence-electron chi connectivity index (χ4n) is 2.81. The summed E-state index contributed by atoms with van der Waals surface area (Å²) in [6, 6.07) is 7.65. The molecule has 160 valence electrons. The standard InChI is InChI=1S/C20H33N3O4.HI/c1-16(27-19-8-5-4-7-18(19)24-3)15-23-20(21-2)22-11-6-12-26-17-9-13-25-14-10-17;/h4-5,7-8,16-17H,6,9-15H2,1-3H3,(H2,21,22,23);1H. The molecule has 28 heavy (non-hydrogen) atoms. The topological polar surface area (TPSA) is 73.3 Å². The lowest BCUT2D eigenvalue weighted by Gasteiger charge is -2.22. The number of halogens is 1. The zero-order chi connectivity index (χ0) is 19.3. The minimum absolute atomic E-state index is 0. The second-order valence-electron chi connectivity index (χ2n) is 6.50. The third kappa shape index (κ3) is 9.29. The van der Waals surface area contributed by atoms with Crippen LogP contribution in [0.4, 0.5) is 0 Å². The summed E-state index contributed by atoms with van der Waals surface area (Å²) >= 11 is 0. The Labute approximate surface area is 185 Å². The Bertz CT molecular complexity index is 568. The van der Waals surface area contributed by atoms with Crippen LogP contribution >= 0.6 is 24.0 Å². The van der Waals surface area contributed by atoms with Crippen molar-refractivity contribution in [3.05, 3.63) is 24.3 Å². The first-order valence-corrected chi connectivity index (χ1v) is 9.66. The maximum Gasteiger partial charge on any atom is 0.191 e. The normalized spacial score (nSPS) is 16.0. The number of nitrogens with one attached hydrogen (secondary N) is 2. The number of ether oxygens (including phenoxy) is 4. The summed E-state index contributed by atoms with van der Waals surface area (Å²) in [6.07, 6.45) is 3.26. The van der Waals surface area contributed by atoms with Crippen molar-refractivity contribution in [3.63, 3.8) is 0 Å². The highest BCUT2D eigenvalue weighted by Crippen LogP contribution is 2.26. The van der Waals surface area contributed by atoms with E-state index in [0.717, 1.165) is 63.1 Å². The third-order valence-electron chi connectivity index (χ3n) is 4.31. The zero-order valence-electron chi connectivity index (χ0n) is 17.1. The van der Waals surface area contributed by atoms with Crippen LogP contribution in [0.15, 0.2) is 29.3 Å². The van der Waals surface area contributed by atoms with Crippen LogP contribution in [0.3, 0.4) is 0 Å². The molecule has 2 rings (SSSR count). The number of benzene rings is 1. The lowest BCUT2D eigenvalue weighted by Crippen LogP contribution is -2.42. The summed E-state index contributed by atoms with van der Waals surface area (Å²) in [7, 11) is 3.41. The van der Waals surface area contributed by atoms with Crippen LogP contribution in [0.1, 0.15) is 26.2 Å². The van der Waals surface area contributed by atoms with Crippen LogP contribution < -0.4 is 20.1 Å². The molecule has 1 heterocycles. The van der Waals surface area contributed by atoms with Crippen molar-refractivity contribution in [1.29, 1.82) is 0 Å². The number of guanidine groups is 1. The van der Waals surface area contributed by atoms with Gasteiger partial charge in [0.1, 0.15) is 6.10 Å².